The van der Waals surface area contributed by atoms with E-state index in [0.717, 1.165) is 17.1 Å². The van der Waals surface area contributed by atoms with E-state index in [1.807, 2.05) is 18.2 Å². The zero-order chi connectivity index (χ0) is 15.1. The number of carbonyl (C=O) groups excluding carboxylic acids is 1. The number of ether oxygens (including phenoxy) is 1. The second-order valence-electron chi connectivity index (χ2n) is 4.40. The number of anilines is 2. The summed E-state index contributed by atoms with van der Waals surface area (Å²) in [5.41, 5.74) is 2.10. The van der Waals surface area contributed by atoms with Crippen molar-refractivity contribution in [2.45, 2.75) is 0 Å². The largest absolute Gasteiger partial charge is 0.497 e. The van der Waals surface area contributed by atoms with Crippen molar-refractivity contribution in [1.82, 2.24) is 0 Å². The monoisotopic (exact) mass is 282 g/mol. The van der Waals surface area contributed by atoms with Crippen molar-refractivity contribution in [3.63, 3.8) is 0 Å². The van der Waals surface area contributed by atoms with E-state index < -0.39 is 0 Å². The Kier molecular flexibility index (Phi) is 4.99. The number of carbonyl (C=O) groups is 1. The van der Waals surface area contributed by atoms with Gasteiger partial charge in [0.1, 0.15) is 5.75 Å². The second kappa shape index (κ2) is 7.14. The van der Waals surface area contributed by atoms with Crippen LogP contribution < -0.4 is 15.4 Å². The van der Waals surface area contributed by atoms with Crippen LogP contribution in [0.5, 0.6) is 5.75 Å². The minimum atomic E-state index is -0.160. The van der Waals surface area contributed by atoms with Gasteiger partial charge >= 0.3 is 0 Å². The van der Waals surface area contributed by atoms with E-state index in [0.29, 0.717) is 12.1 Å². The highest BCUT2D eigenvalue weighted by Crippen LogP contribution is 2.19. The van der Waals surface area contributed by atoms with Crippen molar-refractivity contribution in [2.24, 2.45) is 0 Å². The number of para-hydroxylation sites is 1. The average molecular weight is 282 g/mol. The van der Waals surface area contributed by atoms with Gasteiger partial charge in [0, 0.05) is 17.9 Å². The lowest BCUT2D eigenvalue weighted by Crippen LogP contribution is -2.14. The molecule has 2 aromatic rings. The summed E-state index contributed by atoms with van der Waals surface area (Å²) >= 11 is 0. The molecule has 0 spiro atoms. The first kappa shape index (κ1) is 14.7. The molecule has 1 amide bonds. The molecular weight excluding hydrogens is 264 g/mol. The third-order valence-corrected chi connectivity index (χ3v) is 2.96. The van der Waals surface area contributed by atoms with Gasteiger partial charge in [0.25, 0.3) is 5.91 Å². The van der Waals surface area contributed by atoms with Crippen LogP contribution in [0.4, 0.5) is 11.4 Å². The fraction of sp³-hybridized carbons (Fsp3) is 0.118. The van der Waals surface area contributed by atoms with Gasteiger partial charge in [-0.15, -0.1) is 6.58 Å². The topological polar surface area (TPSA) is 50.4 Å². The quantitative estimate of drug-likeness (QED) is 0.797. The van der Waals surface area contributed by atoms with Crippen LogP contribution in [-0.4, -0.2) is 19.6 Å². The fourth-order valence-corrected chi connectivity index (χ4v) is 1.89. The average Bonchev–Trinajstić information content (AvgIpc) is 2.54. The number of rotatable bonds is 6. The molecule has 2 rings (SSSR count). The Bertz CT molecular complexity index is 621. The number of hydrogen-bond donors (Lipinski definition) is 2. The SMILES string of the molecule is C=CCNc1ccccc1C(=O)Nc1ccc(OC)cc1. The third-order valence-electron chi connectivity index (χ3n) is 2.96. The summed E-state index contributed by atoms with van der Waals surface area (Å²) in [6.45, 7) is 4.26. The number of hydrogen-bond acceptors (Lipinski definition) is 3. The Labute approximate surface area is 124 Å². The van der Waals surface area contributed by atoms with Gasteiger partial charge in [0.15, 0.2) is 0 Å². The van der Waals surface area contributed by atoms with Gasteiger partial charge in [0.2, 0.25) is 0 Å². The summed E-state index contributed by atoms with van der Waals surface area (Å²) in [6, 6.07) is 14.6. The number of benzene rings is 2. The van der Waals surface area contributed by atoms with Crippen LogP contribution in [0.2, 0.25) is 0 Å². The van der Waals surface area contributed by atoms with Crippen LogP contribution in [-0.2, 0) is 0 Å². The molecule has 0 aliphatic rings. The van der Waals surface area contributed by atoms with Crippen molar-refractivity contribution < 1.29 is 9.53 Å². The van der Waals surface area contributed by atoms with E-state index in [1.165, 1.54) is 0 Å². The molecule has 0 aliphatic heterocycles. The van der Waals surface area contributed by atoms with E-state index in [-0.39, 0.29) is 5.91 Å². The van der Waals surface area contributed by atoms with Crippen molar-refractivity contribution in [3.8, 4) is 5.75 Å². The molecule has 0 saturated carbocycles. The van der Waals surface area contributed by atoms with Gasteiger partial charge in [-0.2, -0.15) is 0 Å². The molecule has 0 bridgehead atoms. The fourth-order valence-electron chi connectivity index (χ4n) is 1.89. The Hall–Kier alpha value is -2.75. The first-order chi connectivity index (χ1) is 10.2. The molecule has 0 radical (unpaired) electrons. The van der Waals surface area contributed by atoms with Crippen LogP contribution in [0.3, 0.4) is 0 Å². The lowest BCUT2D eigenvalue weighted by Gasteiger charge is -2.11. The first-order valence-corrected chi connectivity index (χ1v) is 6.64. The lowest BCUT2D eigenvalue weighted by atomic mass is 10.1. The van der Waals surface area contributed by atoms with E-state index in [4.69, 9.17) is 4.74 Å². The summed E-state index contributed by atoms with van der Waals surface area (Å²) in [7, 11) is 1.61. The Morgan fingerprint density at radius 3 is 2.57 bits per heavy atom. The van der Waals surface area contributed by atoms with E-state index in [9.17, 15) is 4.79 Å². The van der Waals surface area contributed by atoms with Crippen molar-refractivity contribution in [2.75, 3.05) is 24.3 Å². The second-order valence-corrected chi connectivity index (χ2v) is 4.40. The zero-order valence-electron chi connectivity index (χ0n) is 11.9. The van der Waals surface area contributed by atoms with Gasteiger partial charge < -0.3 is 15.4 Å². The normalized spacial score (nSPS) is 9.76. The lowest BCUT2D eigenvalue weighted by molar-refractivity contribution is 0.102. The highest BCUT2D eigenvalue weighted by atomic mass is 16.5. The molecule has 21 heavy (non-hydrogen) atoms. The maximum absolute atomic E-state index is 12.3. The summed E-state index contributed by atoms with van der Waals surface area (Å²) in [6.07, 6.45) is 1.75. The maximum atomic E-state index is 12.3. The molecule has 108 valence electrons. The summed E-state index contributed by atoms with van der Waals surface area (Å²) in [5.74, 6) is 0.591. The summed E-state index contributed by atoms with van der Waals surface area (Å²) < 4.78 is 5.09. The third kappa shape index (κ3) is 3.86. The molecule has 0 unspecified atom stereocenters. The van der Waals surface area contributed by atoms with Gasteiger partial charge in [-0.05, 0) is 36.4 Å². The zero-order valence-corrected chi connectivity index (χ0v) is 11.9. The molecule has 0 atom stereocenters. The van der Waals surface area contributed by atoms with Crippen LogP contribution in [0.1, 0.15) is 10.4 Å². The number of nitrogens with one attached hydrogen (secondary N) is 2. The van der Waals surface area contributed by atoms with Crippen LogP contribution in [0.25, 0.3) is 0 Å². The predicted molar refractivity (Wildman–Crippen MR) is 86.1 cm³/mol. The van der Waals surface area contributed by atoms with Gasteiger partial charge in [-0.1, -0.05) is 18.2 Å². The minimum Gasteiger partial charge on any atom is -0.497 e. The molecule has 2 aromatic carbocycles. The Balaban J connectivity index is 2.13. The molecule has 4 nitrogen and oxygen atoms in total. The van der Waals surface area contributed by atoms with Crippen molar-refractivity contribution in [3.05, 3.63) is 66.7 Å². The molecule has 0 aliphatic carbocycles. The predicted octanol–water partition coefficient (Wildman–Crippen LogP) is 3.55. The Morgan fingerprint density at radius 2 is 1.90 bits per heavy atom. The van der Waals surface area contributed by atoms with Gasteiger partial charge in [0.05, 0.1) is 12.7 Å². The molecular formula is C17H18N2O2. The number of methoxy groups -OCH3 is 1. The highest BCUT2D eigenvalue weighted by Gasteiger charge is 2.10. The molecule has 0 aromatic heterocycles. The molecule has 4 heteroatoms. The first-order valence-electron chi connectivity index (χ1n) is 6.64. The van der Waals surface area contributed by atoms with Crippen molar-refractivity contribution >= 4 is 17.3 Å². The summed E-state index contributed by atoms with van der Waals surface area (Å²) in [4.78, 5) is 12.3. The van der Waals surface area contributed by atoms with Gasteiger partial charge in [-0.25, -0.2) is 0 Å². The van der Waals surface area contributed by atoms with Crippen LogP contribution in [0.15, 0.2) is 61.2 Å². The standard InChI is InChI=1S/C17H18N2O2/c1-3-12-18-16-7-5-4-6-15(16)17(20)19-13-8-10-14(21-2)11-9-13/h3-11,18H,1,12H2,2H3,(H,19,20). The van der Waals surface area contributed by atoms with Crippen LogP contribution >= 0.6 is 0 Å². The van der Waals surface area contributed by atoms with E-state index >= 15 is 0 Å². The molecule has 0 heterocycles. The van der Waals surface area contributed by atoms with E-state index in [2.05, 4.69) is 17.2 Å². The van der Waals surface area contributed by atoms with Gasteiger partial charge in [-0.3, -0.25) is 4.79 Å². The molecule has 2 N–H and O–H groups in total. The molecule has 0 fully saturated rings. The minimum absolute atomic E-state index is 0.160. The maximum Gasteiger partial charge on any atom is 0.257 e. The summed E-state index contributed by atoms with van der Waals surface area (Å²) in [5, 5.41) is 6.01. The smallest absolute Gasteiger partial charge is 0.257 e. The van der Waals surface area contributed by atoms with Crippen LogP contribution in [0, 0.1) is 0 Å². The van der Waals surface area contributed by atoms with E-state index in [1.54, 1.807) is 43.5 Å². The molecule has 0 saturated heterocycles. The highest BCUT2D eigenvalue weighted by molar-refractivity contribution is 6.08. The van der Waals surface area contributed by atoms with Crippen molar-refractivity contribution in [1.29, 1.82) is 0 Å². The number of amides is 1. The Morgan fingerprint density at radius 1 is 1.19 bits per heavy atom.